The smallest absolute Gasteiger partial charge is 1.00 e. The summed E-state index contributed by atoms with van der Waals surface area (Å²) in [7, 11) is -4.64. The molecule has 0 fully saturated rings. The summed E-state index contributed by atoms with van der Waals surface area (Å²) in [4.78, 5) is 21.6. The largest absolute Gasteiger partial charge is 2.00 e. The first kappa shape index (κ1) is 15.8. The van der Waals surface area contributed by atoms with Crippen molar-refractivity contribution in [3.63, 3.8) is 0 Å². The molecule has 0 radical (unpaired) electrons. The van der Waals surface area contributed by atoms with E-state index in [4.69, 9.17) is 19.2 Å². The van der Waals surface area contributed by atoms with Crippen LogP contribution in [0.15, 0.2) is 0 Å². The van der Waals surface area contributed by atoms with Crippen LogP contribution in [0.5, 0.6) is 0 Å². The van der Waals surface area contributed by atoms with Crippen LogP contribution in [-0.2, 0) is 4.57 Å². The fraction of sp³-hybridized carbons (Fsp3) is 0. The zero-order valence-corrected chi connectivity index (χ0v) is 6.71. The first-order valence-electron chi connectivity index (χ1n) is 0.783. The molecule has 0 saturated carbocycles. The summed E-state index contributed by atoms with van der Waals surface area (Å²) in [6.45, 7) is 0. The Balaban J connectivity index is -0.0000000133. The molecule has 0 heterocycles. The van der Waals surface area contributed by atoms with E-state index in [1.165, 1.54) is 0 Å². The molecular formula is H8CaNO4P. The van der Waals surface area contributed by atoms with Gasteiger partial charge in [0.1, 0.15) is 0 Å². The predicted octanol–water partition coefficient (Wildman–Crippen LogP) is -0.922. The summed E-state index contributed by atoms with van der Waals surface area (Å²) < 4.78 is 8.88. The summed E-state index contributed by atoms with van der Waals surface area (Å²) in [5.41, 5.74) is 0. The first-order valence-corrected chi connectivity index (χ1v) is 2.35. The maximum Gasteiger partial charge on any atom is 2.00 e. The fourth-order valence-electron chi connectivity index (χ4n) is 0. The van der Waals surface area contributed by atoms with E-state index >= 15 is 0 Å². The number of rotatable bonds is 0. The van der Waals surface area contributed by atoms with E-state index in [-0.39, 0.29) is 46.7 Å². The normalized spacial score (nSPS) is 8.43. The van der Waals surface area contributed by atoms with Crippen LogP contribution in [-0.4, -0.2) is 52.4 Å². The van der Waals surface area contributed by atoms with Crippen molar-refractivity contribution in [1.29, 1.82) is 0 Å². The van der Waals surface area contributed by atoms with Crippen LogP contribution < -0.4 is 6.15 Å². The average molecular weight is 157 g/mol. The fourth-order valence-corrected chi connectivity index (χ4v) is 0. The first-order chi connectivity index (χ1) is 2.00. The Kier molecular flexibility index (Phi) is 12.3. The zero-order valence-electron chi connectivity index (χ0n) is 5.61. The Labute approximate surface area is 73.5 Å². The summed E-state index contributed by atoms with van der Waals surface area (Å²) in [6.07, 6.45) is 0. The average Bonchev–Trinajstić information content (AvgIpc) is 0.722. The van der Waals surface area contributed by atoms with E-state index in [0.717, 1.165) is 0 Å². The molecule has 0 rings (SSSR count). The van der Waals surface area contributed by atoms with Gasteiger partial charge in [-0.15, -0.1) is 0 Å². The van der Waals surface area contributed by atoms with Crippen molar-refractivity contribution >= 4 is 45.6 Å². The summed E-state index contributed by atoms with van der Waals surface area (Å²) >= 11 is 0. The van der Waals surface area contributed by atoms with Gasteiger partial charge < -0.3 is 23.7 Å². The van der Waals surface area contributed by atoms with Gasteiger partial charge in [0.05, 0.1) is 0 Å². The molecule has 44 valence electrons. The minimum absolute atomic E-state index is 0. The van der Waals surface area contributed by atoms with Gasteiger partial charge in [0.15, 0.2) is 0 Å². The Morgan fingerprint density at radius 3 is 1.29 bits per heavy atom. The van der Waals surface area contributed by atoms with Crippen LogP contribution in [0.2, 0.25) is 0 Å². The Bertz CT molecular complexity index is 64.7. The Morgan fingerprint density at radius 1 is 1.29 bits per heavy atom. The molecule has 0 amide bonds. The van der Waals surface area contributed by atoms with Gasteiger partial charge in [-0.25, -0.2) is 4.57 Å². The van der Waals surface area contributed by atoms with Crippen LogP contribution >= 0.6 is 7.82 Å². The van der Waals surface area contributed by atoms with Crippen LogP contribution in [0.1, 0.15) is 2.85 Å². The quantitative estimate of drug-likeness (QED) is 0.268. The molecule has 0 bridgehead atoms. The predicted molar refractivity (Wildman–Crippen MR) is 27.3 cm³/mol. The number of hydrogen-bond donors (Lipinski definition) is 4. The van der Waals surface area contributed by atoms with E-state index in [2.05, 4.69) is 0 Å². The van der Waals surface area contributed by atoms with Crippen molar-refractivity contribution in [3.8, 4) is 0 Å². The second kappa shape index (κ2) is 5.47. The molecule has 7 heteroatoms. The molecule has 0 aliphatic heterocycles. The van der Waals surface area contributed by atoms with Crippen molar-refractivity contribution in [2.75, 3.05) is 0 Å². The van der Waals surface area contributed by atoms with E-state index in [9.17, 15) is 0 Å². The minimum atomic E-state index is -4.64. The molecule has 0 atom stereocenters. The van der Waals surface area contributed by atoms with Crippen LogP contribution in [0.3, 0.4) is 0 Å². The van der Waals surface area contributed by atoms with Crippen molar-refractivity contribution in [1.82, 2.24) is 6.15 Å². The second-order valence-corrected chi connectivity index (χ2v) is 1.54. The van der Waals surface area contributed by atoms with E-state index in [1.54, 1.807) is 0 Å². The van der Waals surface area contributed by atoms with E-state index in [1.807, 2.05) is 0 Å². The van der Waals surface area contributed by atoms with Gasteiger partial charge in [0.2, 0.25) is 0 Å². The van der Waals surface area contributed by atoms with E-state index < -0.39 is 7.82 Å². The van der Waals surface area contributed by atoms with Gasteiger partial charge in [0.25, 0.3) is 0 Å². The van der Waals surface area contributed by atoms with Crippen molar-refractivity contribution < 1.29 is 22.1 Å². The van der Waals surface area contributed by atoms with Crippen LogP contribution in [0.25, 0.3) is 0 Å². The molecule has 0 unspecified atom stereocenters. The summed E-state index contributed by atoms with van der Waals surface area (Å²) in [5, 5.41) is 0. The molecule has 0 spiro atoms. The van der Waals surface area contributed by atoms with Gasteiger partial charge >= 0.3 is 45.6 Å². The van der Waals surface area contributed by atoms with Crippen molar-refractivity contribution in [2.24, 2.45) is 0 Å². The molecule has 0 aromatic rings. The van der Waals surface area contributed by atoms with Gasteiger partial charge in [-0.1, -0.05) is 0 Å². The monoisotopic (exact) mass is 157 g/mol. The Hall–Kier alpha value is 1.33. The molecule has 0 aromatic heterocycles. The minimum Gasteiger partial charge on any atom is -1.00 e. The SMILES string of the molecule is N.O=P(O)(O)O.[Ca+2].[H-].[H-]. The van der Waals surface area contributed by atoms with E-state index in [0.29, 0.717) is 0 Å². The zero-order chi connectivity index (χ0) is 4.50. The van der Waals surface area contributed by atoms with Gasteiger partial charge in [-0.3, -0.25) is 0 Å². The summed E-state index contributed by atoms with van der Waals surface area (Å²) in [5.74, 6) is 0. The Morgan fingerprint density at radius 2 is 1.29 bits per heavy atom. The molecular weight excluding hydrogens is 149 g/mol. The molecule has 0 aliphatic carbocycles. The van der Waals surface area contributed by atoms with Gasteiger partial charge in [0, 0.05) is 0 Å². The molecule has 0 aliphatic rings. The molecule has 7 heavy (non-hydrogen) atoms. The molecule has 5 nitrogen and oxygen atoms in total. The van der Waals surface area contributed by atoms with Crippen LogP contribution in [0, 0.1) is 0 Å². The molecule has 6 N–H and O–H groups in total. The molecule has 0 saturated heterocycles. The second-order valence-electron chi connectivity index (χ2n) is 0.513. The maximum absolute atomic E-state index is 8.88. The summed E-state index contributed by atoms with van der Waals surface area (Å²) in [6, 6.07) is 0. The van der Waals surface area contributed by atoms with Crippen LogP contribution in [0.4, 0.5) is 0 Å². The molecule has 0 aromatic carbocycles. The number of phosphoric acid groups is 1. The van der Waals surface area contributed by atoms with Crippen molar-refractivity contribution in [2.45, 2.75) is 0 Å². The maximum atomic E-state index is 8.88. The van der Waals surface area contributed by atoms with Crippen molar-refractivity contribution in [3.05, 3.63) is 0 Å². The third-order valence-corrected chi connectivity index (χ3v) is 0. The topological polar surface area (TPSA) is 113 Å². The van der Waals surface area contributed by atoms with Gasteiger partial charge in [-0.05, 0) is 0 Å². The standard InChI is InChI=1S/Ca.H3N.H3O4P.2H/c;;1-5(2,3)4;;/h;1H3;(H3,1,2,3,4);;/q+2;;;2*-1. The number of hydrogen-bond acceptors (Lipinski definition) is 2. The third kappa shape index (κ3) is 118. The third-order valence-electron chi connectivity index (χ3n) is 0. The van der Waals surface area contributed by atoms with Gasteiger partial charge in [-0.2, -0.15) is 0 Å².